The van der Waals surface area contributed by atoms with Crippen LogP contribution in [0.5, 0.6) is 0 Å². The molecular formula is C13H26. The maximum absolute atomic E-state index is 4.15. The van der Waals surface area contributed by atoms with Gasteiger partial charge in [0.15, 0.2) is 0 Å². The van der Waals surface area contributed by atoms with Crippen LogP contribution in [0.25, 0.3) is 0 Å². The monoisotopic (exact) mass is 182 g/mol. The number of hydrogen-bond donors (Lipinski definition) is 0. The average Bonchev–Trinajstić information content (AvgIpc) is 2.02. The molecule has 0 aliphatic heterocycles. The molecule has 0 N–H and O–H groups in total. The zero-order chi connectivity index (χ0) is 10.4. The van der Waals surface area contributed by atoms with Gasteiger partial charge in [0.05, 0.1) is 0 Å². The molecule has 0 rings (SSSR count). The summed E-state index contributed by atoms with van der Waals surface area (Å²) in [6, 6.07) is 0. The normalized spacial score (nSPS) is 13.8. The van der Waals surface area contributed by atoms with Crippen molar-refractivity contribution in [3.63, 3.8) is 0 Å². The highest BCUT2D eigenvalue weighted by Crippen LogP contribution is 2.25. The first-order valence-corrected chi connectivity index (χ1v) is 5.65. The zero-order valence-electron chi connectivity index (χ0n) is 10.1. The van der Waals surface area contributed by atoms with Gasteiger partial charge in [0, 0.05) is 0 Å². The van der Waals surface area contributed by atoms with Crippen molar-refractivity contribution < 1.29 is 0 Å². The molecule has 0 fully saturated rings. The molecule has 0 heterocycles. The van der Waals surface area contributed by atoms with E-state index in [1.54, 1.807) is 0 Å². The van der Waals surface area contributed by atoms with E-state index in [9.17, 15) is 0 Å². The van der Waals surface area contributed by atoms with Crippen LogP contribution in [0, 0.1) is 17.8 Å². The molecule has 0 aromatic carbocycles. The van der Waals surface area contributed by atoms with Gasteiger partial charge >= 0.3 is 0 Å². The molecule has 0 aromatic heterocycles. The van der Waals surface area contributed by atoms with E-state index in [0.29, 0.717) is 5.92 Å². The van der Waals surface area contributed by atoms with Crippen LogP contribution in [0.2, 0.25) is 0 Å². The summed E-state index contributed by atoms with van der Waals surface area (Å²) >= 11 is 0. The molecule has 78 valence electrons. The summed E-state index contributed by atoms with van der Waals surface area (Å²) in [6.45, 7) is 15.5. The first-order valence-electron chi connectivity index (χ1n) is 5.65. The number of rotatable bonds is 6. The molecule has 0 saturated carbocycles. The summed E-state index contributed by atoms with van der Waals surface area (Å²) in [5.41, 5.74) is 1.42. The molecule has 0 nitrogen and oxygen atoms in total. The molecule has 13 heavy (non-hydrogen) atoms. The van der Waals surface area contributed by atoms with Gasteiger partial charge in [-0.2, -0.15) is 0 Å². The zero-order valence-corrected chi connectivity index (χ0v) is 10.1. The van der Waals surface area contributed by atoms with Gasteiger partial charge in [-0.05, 0) is 30.6 Å². The Bertz CT molecular complexity index is 142. The average molecular weight is 182 g/mol. The van der Waals surface area contributed by atoms with Gasteiger partial charge in [0.25, 0.3) is 0 Å². The molecule has 0 aliphatic carbocycles. The van der Waals surface area contributed by atoms with E-state index in [2.05, 4.69) is 41.2 Å². The summed E-state index contributed by atoms with van der Waals surface area (Å²) in [4.78, 5) is 0. The molecule has 0 heteroatoms. The Kier molecular flexibility index (Phi) is 6.11. The van der Waals surface area contributed by atoms with Crippen molar-refractivity contribution in [3.8, 4) is 0 Å². The fraction of sp³-hybridized carbons (Fsp3) is 0.846. The maximum Gasteiger partial charge on any atom is -0.0263 e. The van der Waals surface area contributed by atoms with Crippen LogP contribution in [0.15, 0.2) is 12.2 Å². The summed E-state index contributed by atoms with van der Waals surface area (Å²) in [6.07, 6.45) is 3.87. The second kappa shape index (κ2) is 6.23. The van der Waals surface area contributed by atoms with Gasteiger partial charge in [-0.15, -0.1) is 0 Å². The Hall–Kier alpha value is -0.260. The second-order valence-electron chi connectivity index (χ2n) is 4.92. The minimum Gasteiger partial charge on any atom is -0.0996 e. The summed E-state index contributed by atoms with van der Waals surface area (Å²) in [7, 11) is 0. The molecule has 1 atom stereocenters. The van der Waals surface area contributed by atoms with Crippen molar-refractivity contribution >= 4 is 0 Å². The molecule has 0 bridgehead atoms. The van der Waals surface area contributed by atoms with Gasteiger partial charge in [0.1, 0.15) is 0 Å². The smallest absolute Gasteiger partial charge is 0.0263 e. The van der Waals surface area contributed by atoms with Gasteiger partial charge in [0.2, 0.25) is 0 Å². The Labute approximate surface area is 84.4 Å². The second-order valence-corrected chi connectivity index (χ2v) is 4.92. The van der Waals surface area contributed by atoms with Gasteiger partial charge < -0.3 is 0 Å². The molecule has 0 aliphatic rings. The molecule has 0 saturated heterocycles. The molecule has 1 unspecified atom stereocenters. The van der Waals surface area contributed by atoms with Crippen LogP contribution in [0.1, 0.15) is 53.9 Å². The van der Waals surface area contributed by atoms with Crippen LogP contribution in [-0.4, -0.2) is 0 Å². The van der Waals surface area contributed by atoms with E-state index in [0.717, 1.165) is 11.8 Å². The van der Waals surface area contributed by atoms with E-state index < -0.39 is 0 Å². The van der Waals surface area contributed by atoms with Crippen LogP contribution < -0.4 is 0 Å². The predicted molar refractivity (Wildman–Crippen MR) is 61.8 cm³/mol. The summed E-state index contributed by atoms with van der Waals surface area (Å²) < 4.78 is 0. The quantitative estimate of drug-likeness (QED) is 0.524. The molecule has 0 amide bonds. The van der Waals surface area contributed by atoms with Crippen LogP contribution in [-0.2, 0) is 0 Å². The Morgan fingerprint density at radius 3 is 2.00 bits per heavy atom. The molecule has 0 spiro atoms. The van der Waals surface area contributed by atoms with E-state index in [4.69, 9.17) is 0 Å². The summed E-state index contributed by atoms with van der Waals surface area (Å²) in [5.74, 6) is 2.33. The summed E-state index contributed by atoms with van der Waals surface area (Å²) in [5, 5.41) is 0. The van der Waals surface area contributed by atoms with Crippen molar-refractivity contribution in [2.45, 2.75) is 53.9 Å². The lowest BCUT2D eigenvalue weighted by Crippen LogP contribution is -2.06. The maximum atomic E-state index is 4.15. The van der Waals surface area contributed by atoms with E-state index in [1.165, 1.54) is 24.8 Å². The third kappa shape index (κ3) is 5.90. The van der Waals surface area contributed by atoms with Crippen LogP contribution in [0.3, 0.4) is 0 Å². The van der Waals surface area contributed by atoms with Crippen molar-refractivity contribution in [1.82, 2.24) is 0 Å². The van der Waals surface area contributed by atoms with Gasteiger partial charge in [-0.1, -0.05) is 53.2 Å². The first kappa shape index (κ1) is 12.7. The third-order valence-corrected chi connectivity index (χ3v) is 2.75. The fourth-order valence-corrected chi connectivity index (χ4v) is 1.67. The fourth-order valence-electron chi connectivity index (χ4n) is 1.67. The minimum atomic E-state index is 0.654. The highest BCUT2D eigenvalue weighted by atomic mass is 14.2. The van der Waals surface area contributed by atoms with E-state index in [-0.39, 0.29) is 0 Å². The Balaban J connectivity index is 3.90. The lowest BCUT2D eigenvalue weighted by Gasteiger charge is -2.20. The highest BCUT2D eigenvalue weighted by molar-refractivity contribution is 4.98. The predicted octanol–water partition coefficient (Wildman–Crippen LogP) is 4.66. The van der Waals surface area contributed by atoms with Crippen molar-refractivity contribution in [2.75, 3.05) is 0 Å². The standard InChI is InChI=1S/C13H26/c1-7-13(8-10(2)3)9-12(6)11(4)5/h10-11,13H,6-9H2,1-5H3. The Morgan fingerprint density at radius 1 is 1.15 bits per heavy atom. The molecule has 0 radical (unpaired) electrons. The van der Waals surface area contributed by atoms with Gasteiger partial charge in [-0.3, -0.25) is 0 Å². The minimum absolute atomic E-state index is 0.654. The SMILES string of the molecule is C=C(CC(CC)CC(C)C)C(C)C. The van der Waals surface area contributed by atoms with Crippen LogP contribution in [0.4, 0.5) is 0 Å². The lowest BCUT2D eigenvalue weighted by molar-refractivity contribution is 0.387. The number of hydrogen-bond acceptors (Lipinski definition) is 0. The Morgan fingerprint density at radius 2 is 1.69 bits per heavy atom. The van der Waals surface area contributed by atoms with E-state index >= 15 is 0 Å². The molecule has 0 aromatic rings. The largest absolute Gasteiger partial charge is 0.0996 e. The van der Waals surface area contributed by atoms with Gasteiger partial charge in [-0.25, -0.2) is 0 Å². The molecular weight excluding hydrogens is 156 g/mol. The third-order valence-electron chi connectivity index (χ3n) is 2.75. The number of allylic oxidation sites excluding steroid dienone is 1. The lowest BCUT2D eigenvalue weighted by atomic mass is 9.86. The van der Waals surface area contributed by atoms with Crippen molar-refractivity contribution in [1.29, 1.82) is 0 Å². The van der Waals surface area contributed by atoms with Crippen molar-refractivity contribution in [3.05, 3.63) is 12.2 Å². The van der Waals surface area contributed by atoms with E-state index in [1.807, 2.05) is 0 Å². The van der Waals surface area contributed by atoms with Crippen LogP contribution >= 0.6 is 0 Å². The first-order chi connectivity index (χ1) is 5.97. The topological polar surface area (TPSA) is 0 Å². The highest BCUT2D eigenvalue weighted by Gasteiger charge is 2.11. The van der Waals surface area contributed by atoms with Crippen molar-refractivity contribution in [2.24, 2.45) is 17.8 Å².